The molecule has 1 fully saturated rings. The summed E-state index contributed by atoms with van der Waals surface area (Å²) in [4.78, 5) is 0. The van der Waals surface area contributed by atoms with Crippen LogP contribution in [0.1, 0.15) is 12.8 Å². The Labute approximate surface area is 50.6 Å². The lowest BCUT2D eigenvalue weighted by molar-refractivity contribution is 0.180. The van der Waals surface area contributed by atoms with Gasteiger partial charge in [-0.1, -0.05) is 0 Å². The highest BCUT2D eigenvalue weighted by atomic mass is 28.3. The van der Waals surface area contributed by atoms with Crippen LogP contribution >= 0.6 is 0 Å². The van der Waals surface area contributed by atoms with E-state index in [-0.39, 0.29) is 0 Å². The molecular formula is C4H11NO2Si. The van der Waals surface area contributed by atoms with E-state index in [4.69, 9.17) is 10.3 Å². The normalized spacial score (nSPS) is 30.4. The molecule has 1 unspecified atom stereocenters. The first-order chi connectivity index (χ1) is 3.93. The Morgan fingerprint density at radius 2 is 2.38 bits per heavy atom. The van der Waals surface area contributed by atoms with Gasteiger partial charge in [0, 0.05) is 6.61 Å². The maximum absolute atomic E-state index is 5.22. The van der Waals surface area contributed by atoms with E-state index < -0.39 is 9.28 Å². The monoisotopic (exact) mass is 133 g/mol. The van der Waals surface area contributed by atoms with Crippen LogP contribution in [0, 0.1) is 0 Å². The molecule has 1 heterocycles. The van der Waals surface area contributed by atoms with Gasteiger partial charge in [0.25, 0.3) is 0 Å². The van der Waals surface area contributed by atoms with Crippen molar-refractivity contribution in [3.63, 3.8) is 0 Å². The molecule has 4 heteroatoms. The zero-order valence-electron chi connectivity index (χ0n) is 4.80. The third kappa shape index (κ3) is 1.55. The highest BCUT2D eigenvalue weighted by Crippen LogP contribution is 2.09. The van der Waals surface area contributed by atoms with Crippen LogP contribution in [0.25, 0.3) is 0 Å². The first kappa shape index (κ1) is 6.22. The molecule has 3 nitrogen and oxygen atoms in total. The maximum atomic E-state index is 5.22. The van der Waals surface area contributed by atoms with Crippen LogP contribution in [0.3, 0.4) is 0 Å². The fraction of sp³-hybridized carbons (Fsp3) is 1.00. The molecule has 0 saturated carbocycles. The highest BCUT2D eigenvalue weighted by molar-refractivity contribution is 6.44. The molecule has 0 spiro atoms. The molecule has 0 aromatic rings. The molecular weight excluding hydrogens is 122 g/mol. The number of hydrogen-bond acceptors (Lipinski definition) is 3. The third-order valence-corrected chi connectivity index (χ3v) is 3.08. The van der Waals surface area contributed by atoms with E-state index in [0.717, 1.165) is 12.7 Å². The Morgan fingerprint density at radius 1 is 1.50 bits per heavy atom. The Hall–Kier alpha value is 0.0969. The zero-order chi connectivity index (χ0) is 5.82. The second-order valence-corrected chi connectivity index (χ2v) is 3.97. The molecule has 1 atom stereocenters. The van der Waals surface area contributed by atoms with Gasteiger partial charge in [0.1, 0.15) is 0 Å². The van der Waals surface area contributed by atoms with Crippen molar-refractivity contribution in [2.75, 3.05) is 6.61 Å². The van der Waals surface area contributed by atoms with Crippen molar-refractivity contribution >= 4 is 9.28 Å². The van der Waals surface area contributed by atoms with Gasteiger partial charge in [-0.3, -0.25) is 0 Å². The molecule has 0 aliphatic carbocycles. The van der Waals surface area contributed by atoms with Crippen LogP contribution < -0.4 is 5.90 Å². The lowest BCUT2D eigenvalue weighted by atomic mass is 10.4. The summed E-state index contributed by atoms with van der Waals surface area (Å²) in [5, 5.41) is 0. The molecule has 0 bridgehead atoms. The summed E-state index contributed by atoms with van der Waals surface area (Å²) >= 11 is 0. The minimum Gasteiger partial charge on any atom is -0.396 e. The first-order valence-electron chi connectivity index (χ1n) is 2.90. The van der Waals surface area contributed by atoms with Crippen molar-refractivity contribution in [2.24, 2.45) is 5.90 Å². The molecule has 0 amide bonds. The van der Waals surface area contributed by atoms with Gasteiger partial charge >= 0.3 is 9.28 Å². The van der Waals surface area contributed by atoms with Crippen molar-refractivity contribution in [3.8, 4) is 0 Å². The van der Waals surface area contributed by atoms with E-state index in [9.17, 15) is 0 Å². The highest BCUT2D eigenvalue weighted by Gasteiger charge is 2.15. The maximum Gasteiger partial charge on any atom is 0.341 e. The van der Waals surface area contributed by atoms with Crippen LogP contribution in [0.15, 0.2) is 0 Å². The quantitative estimate of drug-likeness (QED) is 0.401. The largest absolute Gasteiger partial charge is 0.396 e. The smallest absolute Gasteiger partial charge is 0.341 e. The van der Waals surface area contributed by atoms with Gasteiger partial charge in [-0.25, -0.2) is 5.90 Å². The summed E-state index contributed by atoms with van der Waals surface area (Å²) in [6, 6.07) is 1.08. The second-order valence-electron chi connectivity index (χ2n) is 1.93. The van der Waals surface area contributed by atoms with E-state index in [2.05, 4.69) is 4.53 Å². The predicted octanol–water partition coefficient (Wildman–Crippen LogP) is -0.0924. The average Bonchev–Trinajstić information content (AvgIpc) is 1.90. The van der Waals surface area contributed by atoms with Crippen LogP contribution in [0.4, 0.5) is 0 Å². The van der Waals surface area contributed by atoms with Crippen LogP contribution in [0.2, 0.25) is 6.04 Å². The molecule has 48 valence electrons. The summed E-state index contributed by atoms with van der Waals surface area (Å²) in [5.74, 6) is 4.94. The van der Waals surface area contributed by atoms with E-state index in [0.29, 0.717) is 0 Å². The van der Waals surface area contributed by atoms with Gasteiger partial charge in [-0.15, -0.1) is 0 Å². The minimum absolute atomic E-state index is 0.855. The van der Waals surface area contributed by atoms with Crippen LogP contribution in [0.5, 0.6) is 0 Å². The zero-order valence-corrected chi connectivity index (χ0v) is 5.95. The van der Waals surface area contributed by atoms with Crippen molar-refractivity contribution in [3.05, 3.63) is 0 Å². The van der Waals surface area contributed by atoms with Gasteiger partial charge in [0.05, 0.1) is 0 Å². The fourth-order valence-electron chi connectivity index (χ4n) is 0.819. The number of rotatable bonds is 1. The summed E-state index contributed by atoms with van der Waals surface area (Å²) < 4.78 is 9.83. The number of nitrogens with two attached hydrogens (primary N) is 1. The first-order valence-corrected chi connectivity index (χ1v) is 4.66. The minimum atomic E-state index is -1.33. The molecule has 1 rings (SSSR count). The van der Waals surface area contributed by atoms with Crippen molar-refractivity contribution in [1.29, 1.82) is 0 Å². The van der Waals surface area contributed by atoms with E-state index in [1.54, 1.807) is 0 Å². The molecule has 8 heavy (non-hydrogen) atoms. The Balaban J connectivity index is 2.13. The number of hydrogen-bond donors (Lipinski definition) is 1. The molecule has 1 aliphatic heterocycles. The summed E-state index contributed by atoms with van der Waals surface area (Å²) in [7, 11) is -1.33. The lowest BCUT2D eigenvalue weighted by Crippen LogP contribution is -2.29. The van der Waals surface area contributed by atoms with Crippen molar-refractivity contribution in [1.82, 2.24) is 0 Å². The molecule has 2 N–H and O–H groups in total. The Bertz CT molecular complexity index is 65.1. The molecule has 0 aromatic heterocycles. The summed E-state index contributed by atoms with van der Waals surface area (Å²) in [5.41, 5.74) is 0. The van der Waals surface area contributed by atoms with E-state index in [1.165, 1.54) is 12.8 Å². The molecule has 0 aromatic carbocycles. The second kappa shape index (κ2) is 3.19. The van der Waals surface area contributed by atoms with Gasteiger partial charge in [-0.05, 0) is 18.9 Å². The van der Waals surface area contributed by atoms with Crippen molar-refractivity contribution < 1.29 is 8.95 Å². The molecule has 1 saturated heterocycles. The predicted molar refractivity (Wildman–Crippen MR) is 32.4 cm³/mol. The molecule has 1 aliphatic rings. The Kier molecular flexibility index (Phi) is 2.48. The van der Waals surface area contributed by atoms with E-state index >= 15 is 0 Å². The standard InChI is InChI=1S/C4H11NO2Si/c5-7-8-4-2-1-3-6-8/h8H,1-5H2. The third-order valence-electron chi connectivity index (χ3n) is 1.29. The molecule has 0 radical (unpaired) electrons. The van der Waals surface area contributed by atoms with E-state index in [1.807, 2.05) is 0 Å². The van der Waals surface area contributed by atoms with Crippen LogP contribution in [-0.2, 0) is 8.95 Å². The van der Waals surface area contributed by atoms with Crippen molar-refractivity contribution in [2.45, 2.75) is 18.9 Å². The van der Waals surface area contributed by atoms with Gasteiger partial charge in [0.2, 0.25) is 0 Å². The topological polar surface area (TPSA) is 44.5 Å². The Morgan fingerprint density at radius 3 is 2.75 bits per heavy atom. The van der Waals surface area contributed by atoms with Gasteiger partial charge in [0.15, 0.2) is 0 Å². The lowest BCUT2D eigenvalue weighted by Gasteiger charge is -2.17. The van der Waals surface area contributed by atoms with Crippen LogP contribution in [-0.4, -0.2) is 15.9 Å². The summed E-state index contributed by atoms with van der Waals surface area (Å²) in [6.07, 6.45) is 2.40. The summed E-state index contributed by atoms with van der Waals surface area (Å²) in [6.45, 7) is 0.855. The van der Waals surface area contributed by atoms with Gasteiger partial charge in [-0.2, -0.15) is 0 Å². The average molecular weight is 133 g/mol. The fourth-order valence-corrected chi connectivity index (χ4v) is 2.25. The SMILES string of the molecule is NO[SiH]1CCCCO1. The van der Waals surface area contributed by atoms with Gasteiger partial charge < -0.3 is 8.95 Å².